The van der Waals surface area contributed by atoms with Crippen molar-refractivity contribution in [1.29, 1.82) is 0 Å². The number of carbonyl (C=O) groups excluding carboxylic acids is 1. The summed E-state index contributed by atoms with van der Waals surface area (Å²) in [5, 5.41) is 9.41. The Morgan fingerprint density at radius 2 is 2.26 bits per heavy atom. The number of rotatable bonds is 3. The standard InChI is InChI=1S/C14H19NO4/c1-3-14(13(17)18)6-4-7-15(9-14)12(16)11-10(2)5-8-19-11/h5,8H,3-4,6-7,9H2,1-2H3,(H,17,18). The molecule has 0 radical (unpaired) electrons. The van der Waals surface area contributed by atoms with Crippen molar-refractivity contribution in [3.8, 4) is 0 Å². The molecular weight excluding hydrogens is 246 g/mol. The van der Waals surface area contributed by atoms with Crippen LogP contribution in [0.4, 0.5) is 0 Å². The van der Waals surface area contributed by atoms with Gasteiger partial charge in [0.1, 0.15) is 0 Å². The number of nitrogens with zero attached hydrogens (tertiary/aromatic N) is 1. The molecule has 0 aromatic carbocycles. The van der Waals surface area contributed by atoms with Crippen LogP contribution in [0.1, 0.15) is 42.3 Å². The van der Waals surface area contributed by atoms with Crippen LogP contribution >= 0.6 is 0 Å². The summed E-state index contributed by atoms with van der Waals surface area (Å²) in [5.41, 5.74) is -0.0259. The van der Waals surface area contributed by atoms with Crippen LogP contribution in [-0.2, 0) is 4.79 Å². The number of hydrogen-bond donors (Lipinski definition) is 1. The zero-order chi connectivity index (χ0) is 14.0. The molecule has 1 aliphatic rings. The van der Waals surface area contributed by atoms with E-state index in [0.29, 0.717) is 31.6 Å². The van der Waals surface area contributed by atoms with Gasteiger partial charge in [0.05, 0.1) is 11.7 Å². The maximum atomic E-state index is 12.3. The van der Waals surface area contributed by atoms with Gasteiger partial charge in [-0.3, -0.25) is 9.59 Å². The number of likely N-dealkylation sites (tertiary alicyclic amines) is 1. The second-order valence-electron chi connectivity index (χ2n) is 5.20. The number of aryl methyl sites for hydroxylation is 1. The van der Waals surface area contributed by atoms with Gasteiger partial charge in [0.2, 0.25) is 0 Å². The quantitative estimate of drug-likeness (QED) is 0.910. The van der Waals surface area contributed by atoms with Crippen LogP contribution in [0.15, 0.2) is 16.7 Å². The lowest BCUT2D eigenvalue weighted by atomic mass is 9.77. The van der Waals surface area contributed by atoms with Gasteiger partial charge in [0.25, 0.3) is 5.91 Å². The third-order valence-electron chi connectivity index (χ3n) is 4.05. The van der Waals surface area contributed by atoms with Crippen molar-refractivity contribution < 1.29 is 19.1 Å². The third kappa shape index (κ3) is 2.37. The number of aliphatic carboxylic acids is 1. The lowest BCUT2D eigenvalue weighted by molar-refractivity contribution is -0.152. The van der Waals surface area contributed by atoms with Crippen LogP contribution in [-0.4, -0.2) is 35.0 Å². The van der Waals surface area contributed by atoms with E-state index in [2.05, 4.69) is 0 Å². The molecule has 19 heavy (non-hydrogen) atoms. The fourth-order valence-electron chi connectivity index (χ4n) is 2.65. The highest BCUT2D eigenvalue weighted by molar-refractivity contribution is 5.93. The van der Waals surface area contributed by atoms with E-state index in [1.807, 2.05) is 13.8 Å². The number of furan rings is 1. The summed E-state index contributed by atoms with van der Waals surface area (Å²) in [4.78, 5) is 25.4. The van der Waals surface area contributed by atoms with Crippen LogP contribution < -0.4 is 0 Å². The molecule has 2 rings (SSSR count). The maximum absolute atomic E-state index is 12.3. The van der Waals surface area contributed by atoms with Gasteiger partial charge >= 0.3 is 5.97 Å². The van der Waals surface area contributed by atoms with Crippen molar-refractivity contribution in [3.63, 3.8) is 0 Å². The second-order valence-corrected chi connectivity index (χ2v) is 5.20. The van der Waals surface area contributed by atoms with E-state index in [1.54, 1.807) is 11.0 Å². The van der Waals surface area contributed by atoms with E-state index < -0.39 is 11.4 Å². The fourth-order valence-corrected chi connectivity index (χ4v) is 2.65. The van der Waals surface area contributed by atoms with Crippen molar-refractivity contribution in [2.75, 3.05) is 13.1 Å². The SMILES string of the molecule is CCC1(C(=O)O)CCCN(C(=O)c2occc2C)C1. The Balaban J connectivity index is 2.20. The minimum absolute atomic E-state index is 0.207. The number of carboxylic acids is 1. The topological polar surface area (TPSA) is 70.8 Å². The molecule has 2 heterocycles. The van der Waals surface area contributed by atoms with Gasteiger partial charge in [0.15, 0.2) is 5.76 Å². The number of hydrogen-bond acceptors (Lipinski definition) is 3. The molecule has 1 amide bonds. The molecule has 0 aliphatic carbocycles. The lowest BCUT2D eigenvalue weighted by Crippen LogP contribution is -2.49. The first kappa shape index (κ1) is 13.6. The summed E-state index contributed by atoms with van der Waals surface area (Å²) in [6.45, 7) is 4.52. The monoisotopic (exact) mass is 265 g/mol. The fraction of sp³-hybridized carbons (Fsp3) is 0.571. The summed E-state index contributed by atoms with van der Waals surface area (Å²) in [5.74, 6) is -0.706. The van der Waals surface area contributed by atoms with Crippen molar-refractivity contribution >= 4 is 11.9 Å². The Kier molecular flexibility index (Phi) is 3.64. The smallest absolute Gasteiger partial charge is 0.311 e. The minimum atomic E-state index is -0.816. The van der Waals surface area contributed by atoms with Gasteiger partial charge in [-0.15, -0.1) is 0 Å². The molecule has 5 heteroatoms. The molecule has 1 saturated heterocycles. The molecule has 0 spiro atoms. The number of carboxylic acid groups (broad SMARTS) is 1. The van der Waals surface area contributed by atoms with E-state index in [9.17, 15) is 14.7 Å². The Morgan fingerprint density at radius 3 is 2.79 bits per heavy atom. The molecule has 1 aromatic rings. The highest BCUT2D eigenvalue weighted by Crippen LogP contribution is 2.34. The predicted octanol–water partition coefficient (Wildman–Crippen LogP) is 2.31. The molecule has 0 saturated carbocycles. The van der Waals surface area contributed by atoms with Crippen LogP contribution in [0, 0.1) is 12.3 Å². The summed E-state index contributed by atoms with van der Waals surface area (Å²) in [6.07, 6.45) is 3.35. The average molecular weight is 265 g/mol. The van der Waals surface area contributed by atoms with Gasteiger partial charge in [-0.25, -0.2) is 0 Å². The Bertz CT molecular complexity index is 493. The average Bonchev–Trinajstić information content (AvgIpc) is 2.84. The summed E-state index contributed by atoms with van der Waals surface area (Å²) < 4.78 is 5.20. The van der Waals surface area contributed by atoms with Gasteiger partial charge in [-0.2, -0.15) is 0 Å². The first-order valence-corrected chi connectivity index (χ1v) is 6.57. The highest BCUT2D eigenvalue weighted by atomic mass is 16.4. The lowest BCUT2D eigenvalue weighted by Gasteiger charge is -2.39. The predicted molar refractivity (Wildman–Crippen MR) is 68.9 cm³/mol. The minimum Gasteiger partial charge on any atom is -0.481 e. The molecule has 5 nitrogen and oxygen atoms in total. The molecular formula is C14H19NO4. The molecule has 1 atom stereocenters. The van der Waals surface area contributed by atoms with Crippen LogP contribution in [0.2, 0.25) is 0 Å². The normalized spacial score (nSPS) is 23.4. The Morgan fingerprint density at radius 1 is 1.53 bits per heavy atom. The number of amides is 1. The first-order chi connectivity index (χ1) is 9.00. The number of piperidine rings is 1. The van der Waals surface area contributed by atoms with Gasteiger partial charge in [-0.05, 0) is 32.3 Å². The highest BCUT2D eigenvalue weighted by Gasteiger charge is 2.42. The Labute approximate surface area is 112 Å². The summed E-state index contributed by atoms with van der Waals surface area (Å²) in [7, 11) is 0. The van der Waals surface area contributed by atoms with E-state index in [4.69, 9.17) is 4.42 Å². The molecule has 1 aromatic heterocycles. The van der Waals surface area contributed by atoms with E-state index in [0.717, 1.165) is 5.56 Å². The number of carbonyl (C=O) groups is 2. The zero-order valence-electron chi connectivity index (χ0n) is 11.3. The first-order valence-electron chi connectivity index (χ1n) is 6.57. The van der Waals surface area contributed by atoms with E-state index in [1.165, 1.54) is 6.26 Å². The van der Waals surface area contributed by atoms with E-state index in [-0.39, 0.29) is 12.5 Å². The van der Waals surface area contributed by atoms with Crippen molar-refractivity contribution in [2.24, 2.45) is 5.41 Å². The van der Waals surface area contributed by atoms with Gasteiger partial charge in [-0.1, -0.05) is 6.92 Å². The molecule has 1 aliphatic heterocycles. The van der Waals surface area contributed by atoms with Gasteiger partial charge < -0.3 is 14.4 Å². The molecule has 104 valence electrons. The summed E-state index contributed by atoms with van der Waals surface area (Å²) in [6, 6.07) is 1.74. The maximum Gasteiger partial charge on any atom is 0.311 e. The Hall–Kier alpha value is -1.78. The molecule has 0 bridgehead atoms. The largest absolute Gasteiger partial charge is 0.481 e. The van der Waals surface area contributed by atoms with Gasteiger partial charge in [0, 0.05) is 18.7 Å². The van der Waals surface area contributed by atoms with Crippen LogP contribution in [0.5, 0.6) is 0 Å². The molecule has 1 unspecified atom stereocenters. The molecule has 1 N–H and O–H groups in total. The van der Waals surface area contributed by atoms with E-state index >= 15 is 0 Å². The van der Waals surface area contributed by atoms with Crippen molar-refractivity contribution in [2.45, 2.75) is 33.1 Å². The molecule has 1 fully saturated rings. The summed E-state index contributed by atoms with van der Waals surface area (Å²) >= 11 is 0. The van der Waals surface area contributed by atoms with Crippen LogP contribution in [0.25, 0.3) is 0 Å². The third-order valence-corrected chi connectivity index (χ3v) is 4.05. The second kappa shape index (κ2) is 5.07. The van der Waals surface area contributed by atoms with Crippen molar-refractivity contribution in [3.05, 3.63) is 23.7 Å². The van der Waals surface area contributed by atoms with Crippen molar-refractivity contribution in [1.82, 2.24) is 4.90 Å². The van der Waals surface area contributed by atoms with Crippen LogP contribution in [0.3, 0.4) is 0 Å². The zero-order valence-corrected chi connectivity index (χ0v) is 11.3.